The largest absolute Gasteiger partial charge is 0.317 e. The molecule has 6 nitrogen and oxygen atoms in total. The van der Waals surface area contributed by atoms with Crippen LogP contribution in [0.1, 0.15) is 24.7 Å². The van der Waals surface area contributed by atoms with Gasteiger partial charge in [0, 0.05) is 20.6 Å². The number of hydrogen-bond donors (Lipinski definition) is 1. The van der Waals surface area contributed by atoms with Gasteiger partial charge in [0.1, 0.15) is 4.90 Å². The van der Waals surface area contributed by atoms with Crippen LogP contribution in [-0.2, 0) is 16.6 Å². The van der Waals surface area contributed by atoms with Crippen LogP contribution in [0.3, 0.4) is 0 Å². The van der Waals surface area contributed by atoms with Crippen molar-refractivity contribution >= 4 is 10.0 Å². The zero-order valence-corrected chi connectivity index (χ0v) is 13.2. The fourth-order valence-electron chi connectivity index (χ4n) is 1.98. The molecule has 1 N–H and O–H groups in total. The van der Waals surface area contributed by atoms with Crippen molar-refractivity contribution in [3.05, 3.63) is 11.4 Å². The Balaban J connectivity index is 2.95. The van der Waals surface area contributed by atoms with Gasteiger partial charge in [-0.15, -0.1) is 0 Å². The van der Waals surface area contributed by atoms with Crippen molar-refractivity contribution in [1.29, 1.82) is 0 Å². The molecule has 1 aromatic rings. The van der Waals surface area contributed by atoms with Gasteiger partial charge in [-0.2, -0.15) is 5.10 Å². The maximum atomic E-state index is 12.2. The smallest absolute Gasteiger partial charge is 0.246 e. The molecule has 0 aliphatic heterocycles. The summed E-state index contributed by atoms with van der Waals surface area (Å²) in [4.78, 5) is 0.334. The zero-order chi connectivity index (χ0) is 14.6. The topological polar surface area (TPSA) is 67.2 Å². The van der Waals surface area contributed by atoms with Crippen molar-refractivity contribution < 1.29 is 8.42 Å². The van der Waals surface area contributed by atoms with Gasteiger partial charge in [-0.25, -0.2) is 12.7 Å². The summed E-state index contributed by atoms with van der Waals surface area (Å²) in [6, 6.07) is 0. The average Bonchev–Trinajstić information content (AvgIpc) is 2.60. The number of rotatable bonds is 7. The van der Waals surface area contributed by atoms with Crippen LogP contribution in [0.15, 0.2) is 4.90 Å². The highest BCUT2D eigenvalue weighted by Crippen LogP contribution is 2.21. The first-order valence-corrected chi connectivity index (χ1v) is 7.93. The van der Waals surface area contributed by atoms with Crippen molar-refractivity contribution in [3.63, 3.8) is 0 Å². The summed E-state index contributed by atoms with van der Waals surface area (Å²) in [7, 11) is -0.341. The molecule has 0 atom stereocenters. The van der Waals surface area contributed by atoms with Crippen molar-refractivity contribution in [2.24, 2.45) is 0 Å². The summed E-state index contributed by atoms with van der Waals surface area (Å²) in [5.74, 6) is 0. The van der Waals surface area contributed by atoms with Crippen LogP contribution in [-0.4, -0.2) is 49.7 Å². The van der Waals surface area contributed by atoms with E-state index >= 15 is 0 Å². The maximum absolute atomic E-state index is 12.2. The molecule has 1 heterocycles. The van der Waals surface area contributed by atoms with E-state index < -0.39 is 10.0 Å². The van der Waals surface area contributed by atoms with Crippen molar-refractivity contribution in [2.75, 3.05) is 27.2 Å². The van der Waals surface area contributed by atoms with Gasteiger partial charge in [0.25, 0.3) is 0 Å². The van der Waals surface area contributed by atoms with Gasteiger partial charge in [0.15, 0.2) is 0 Å². The predicted molar refractivity (Wildman–Crippen MR) is 75.7 cm³/mol. The number of nitrogens with zero attached hydrogens (tertiary/aromatic N) is 3. The van der Waals surface area contributed by atoms with E-state index in [1.165, 1.54) is 18.4 Å². The van der Waals surface area contributed by atoms with Gasteiger partial charge in [-0.05, 0) is 33.4 Å². The predicted octanol–water partition coefficient (Wildman–Crippen LogP) is 0.750. The minimum Gasteiger partial charge on any atom is -0.317 e. The molecule has 0 saturated carbocycles. The molecule has 1 aromatic heterocycles. The molecule has 0 aliphatic rings. The fraction of sp³-hybridized carbons (Fsp3) is 0.750. The average molecular weight is 288 g/mol. The van der Waals surface area contributed by atoms with Crippen molar-refractivity contribution in [1.82, 2.24) is 19.4 Å². The third-order valence-electron chi connectivity index (χ3n) is 3.03. The molecular formula is C12H24N4O2S. The molecule has 0 aromatic carbocycles. The van der Waals surface area contributed by atoms with Crippen molar-refractivity contribution in [3.8, 4) is 0 Å². The lowest BCUT2D eigenvalue weighted by Crippen LogP contribution is -2.23. The summed E-state index contributed by atoms with van der Waals surface area (Å²) in [6.45, 7) is 8.18. The number of nitrogens with one attached hydrogen (secondary N) is 1. The van der Waals surface area contributed by atoms with E-state index in [0.29, 0.717) is 16.3 Å². The summed E-state index contributed by atoms with van der Waals surface area (Å²) in [6.07, 6.45) is 0.928. The molecule has 0 spiro atoms. The van der Waals surface area contributed by atoms with Gasteiger partial charge in [-0.1, -0.05) is 6.92 Å². The number of sulfonamides is 1. The van der Waals surface area contributed by atoms with E-state index in [2.05, 4.69) is 17.3 Å². The lowest BCUT2D eigenvalue weighted by Gasteiger charge is -2.11. The van der Waals surface area contributed by atoms with Gasteiger partial charge in [-0.3, -0.25) is 4.68 Å². The van der Waals surface area contributed by atoms with Gasteiger partial charge >= 0.3 is 0 Å². The molecule has 0 aliphatic carbocycles. The Labute approximate surface area is 115 Å². The van der Waals surface area contributed by atoms with E-state index in [1.54, 1.807) is 11.6 Å². The van der Waals surface area contributed by atoms with Gasteiger partial charge in [0.2, 0.25) is 10.0 Å². The van der Waals surface area contributed by atoms with E-state index in [0.717, 1.165) is 26.1 Å². The maximum Gasteiger partial charge on any atom is 0.246 e. The molecule has 7 heteroatoms. The molecule has 0 amide bonds. The standard InChI is InChI=1S/C12H24N4O2S/c1-6-13-8-7-9-16-11(3)12(10(2)14-16)19(17,18)15(4)5/h13H,6-9H2,1-5H3. The first kappa shape index (κ1) is 16.1. The number of aromatic nitrogens is 2. The quantitative estimate of drug-likeness (QED) is 0.752. The van der Waals surface area contributed by atoms with Crippen LogP contribution in [0.5, 0.6) is 0 Å². The molecule has 0 fully saturated rings. The highest BCUT2D eigenvalue weighted by molar-refractivity contribution is 7.89. The first-order valence-electron chi connectivity index (χ1n) is 6.49. The Hall–Kier alpha value is -0.920. The van der Waals surface area contributed by atoms with Gasteiger partial charge in [0.05, 0.1) is 11.4 Å². The Kier molecular flexibility index (Phi) is 5.51. The minimum absolute atomic E-state index is 0.334. The van der Waals surface area contributed by atoms with Gasteiger partial charge < -0.3 is 5.32 Å². The molecule has 110 valence electrons. The second-order valence-corrected chi connectivity index (χ2v) is 6.81. The lowest BCUT2D eigenvalue weighted by atomic mass is 10.4. The monoisotopic (exact) mass is 288 g/mol. The SMILES string of the molecule is CCNCCCn1nc(C)c(S(=O)(=O)N(C)C)c1C. The Morgan fingerprint density at radius 1 is 1.32 bits per heavy atom. The van der Waals surface area contributed by atoms with Crippen LogP contribution < -0.4 is 5.32 Å². The highest BCUT2D eigenvalue weighted by Gasteiger charge is 2.26. The Morgan fingerprint density at radius 3 is 2.47 bits per heavy atom. The summed E-state index contributed by atoms with van der Waals surface area (Å²) < 4.78 is 27.5. The Morgan fingerprint density at radius 2 is 1.95 bits per heavy atom. The summed E-state index contributed by atoms with van der Waals surface area (Å²) >= 11 is 0. The molecule has 0 radical (unpaired) electrons. The van der Waals surface area contributed by atoms with E-state index in [1.807, 2.05) is 6.92 Å². The fourth-order valence-corrected chi connectivity index (χ4v) is 3.24. The van der Waals surface area contributed by atoms with Crippen LogP contribution in [0.2, 0.25) is 0 Å². The third-order valence-corrected chi connectivity index (χ3v) is 5.10. The molecule has 0 saturated heterocycles. The molecule has 0 bridgehead atoms. The second kappa shape index (κ2) is 6.49. The highest BCUT2D eigenvalue weighted by atomic mass is 32.2. The number of hydrogen-bond acceptors (Lipinski definition) is 4. The third kappa shape index (κ3) is 3.55. The van der Waals surface area contributed by atoms with E-state index in [4.69, 9.17) is 0 Å². The summed E-state index contributed by atoms with van der Waals surface area (Å²) in [5, 5.41) is 7.58. The molecular weight excluding hydrogens is 264 g/mol. The minimum atomic E-state index is -3.42. The van der Waals surface area contributed by atoms with Crippen LogP contribution in [0.25, 0.3) is 0 Å². The normalized spacial score (nSPS) is 12.3. The van der Waals surface area contributed by atoms with E-state index in [-0.39, 0.29) is 0 Å². The second-order valence-electron chi connectivity index (χ2n) is 4.72. The molecule has 0 unspecified atom stereocenters. The number of aryl methyl sites for hydroxylation is 2. The molecule has 1 rings (SSSR count). The van der Waals surface area contributed by atoms with Crippen LogP contribution in [0, 0.1) is 13.8 Å². The lowest BCUT2D eigenvalue weighted by molar-refractivity contribution is 0.517. The van der Waals surface area contributed by atoms with Crippen molar-refractivity contribution in [2.45, 2.75) is 38.6 Å². The summed E-state index contributed by atoms with van der Waals surface area (Å²) in [5.41, 5.74) is 1.28. The first-order chi connectivity index (χ1) is 8.82. The Bertz CT molecular complexity index is 520. The molecule has 19 heavy (non-hydrogen) atoms. The van der Waals surface area contributed by atoms with Crippen LogP contribution >= 0.6 is 0 Å². The van der Waals surface area contributed by atoms with E-state index in [9.17, 15) is 8.42 Å². The van der Waals surface area contributed by atoms with Crippen LogP contribution in [0.4, 0.5) is 0 Å². The zero-order valence-electron chi connectivity index (χ0n) is 12.4.